The largest absolute Gasteiger partial charge is 0.489 e. The van der Waals surface area contributed by atoms with Crippen molar-refractivity contribution in [3.63, 3.8) is 0 Å². The van der Waals surface area contributed by atoms with E-state index < -0.39 is 12.1 Å². The van der Waals surface area contributed by atoms with Gasteiger partial charge < -0.3 is 14.8 Å². The summed E-state index contributed by atoms with van der Waals surface area (Å²) in [4.78, 5) is 26.0. The van der Waals surface area contributed by atoms with Crippen LogP contribution in [-0.4, -0.2) is 43.6 Å². The first kappa shape index (κ1) is 23.5. The molecule has 0 aliphatic carbocycles. The second kappa shape index (κ2) is 9.20. The molecule has 37 heavy (non-hydrogen) atoms. The monoisotopic (exact) mass is 524 g/mol. The minimum absolute atomic E-state index is 0.123. The SMILES string of the molecule is C[C@H](Oc1cc(-c2cn(C)n(C(F)F)c2=O)cc2ncnc(Nc3ccc4ncsc4c3)c12)C1COC1. The van der Waals surface area contributed by atoms with E-state index in [2.05, 4.69) is 20.3 Å². The second-order valence-electron chi connectivity index (χ2n) is 8.91. The van der Waals surface area contributed by atoms with Crippen LogP contribution in [0.4, 0.5) is 20.3 Å². The number of ether oxygens (including phenoxy) is 2. The maximum Gasteiger partial charge on any atom is 0.334 e. The molecule has 1 aliphatic rings. The van der Waals surface area contributed by atoms with Crippen molar-refractivity contribution >= 4 is 44.0 Å². The fourth-order valence-corrected chi connectivity index (χ4v) is 5.10. The molecule has 9 nitrogen and oxygen atoms in total. The van der Waals surface area contributed by atoms with Crippen molar-refractivity contribution in [2.45, 2.75) is 19.6 Å². The van der Waals surface area contributed by atoms with Crippen LogP contribution in [0.15, 0.2) is 53.2 Å². The Kier molecular flexibility index (Phi) is 5.84. The van der Waals surface area contributed by atoms with Gasteiger partial charge >= 0.3 is 6.55 Å². The zero-order valence-corrected chi connectivity index (χ0v) is 20.7. The average Bonchev–Trinajstić information content (AvgIpc) is 3.40. The molecule has 0 saturated carbocycles. The molecule has 1 N–H and O–H groups in total. The number of hydrogen-bond donors (Lipinski definition) is 1. The number of benzene rings is 2. The molecule has 1 saturated heterocycles. The van der Waals surface area contributed by atoms with Gasteiger partial charge in [0.05, 0.1) is 45.4 Å². The number of aryl methyl sites for hydroxylation is 1. The van der Waals surface area contributed by atoms with Crippen LogP contribution in [0.2, 0.25) is 0 Å². The van der Waals surface area contributed by atoms with Gasteiger partial charge in [-0.3, -0.25) is 9.48 Å². The highest BCUT2D eigenvalue weighted by atomic mass is 32.1. The Bertz CT molecular complexity index is 1680. The van der Waals surface area contributed by atoms with E-state index in [0.29, 0.717) is 45.9 Å². The van der Waals surface area contributed by atoms with E-state index in [9.17, 15) is 13.6 Å². The van der Waals surface area contributed by atoms with Crippen molar-refractivity contribution in [2.24, 2.45) is 13.0 Å². The molecule has 0 unspecified atom stereocenters. The molecule has 12 heteroatoms. The normalized spacial score (nSPS) is 14.8. The minimum atomic E-state index is -2.96. The van der Waals surface area contributed by atoms with Gasteiger partial charge in [0.1, 0.15) is 24.0 Å². The molecular formula is C25H22F2N6O3S. The highest BCUT2D eigenvalue weighted by Gasteiger charge is 2.28. The molecule has 1 fully saturated rings. The van der Waals surface area contributed by atoms with Crippen LogP contribution in [-0.2, 0) is 11.8 Å². The summed E-state index contributed by atoms with van der Waals surface area (Å²) >= 11 is 1.54. The summed E-state index contributed by atoms with van der Waals surface area (Å²) in [5, 5.41) is 3.97. The lowest BCUT2D eigenvalue weighted by Crippen LogP contribution is -2.39. The molecule has 1 atom stereocenters. The van der Waals surface area contributed by atoms with Gasteiger partial charge in [-0.1, -0.05) is 0 Å². The lowest BCUT2D eigenvalue weighted by molar-refractivity contribution is -0.0773. The highest BCUT2D eigenvalue weighted by Crippen LogP contribution is 2.37. The molecular weight excluding hydrogens is 502 g/mol. The summed E-state index contributed by atoms with van der Waals surface area (Å²) in [6.45, 7) is 0.169. The Morgan fingerprint density at radius 1 is 1.16 bits per heavy atom. The first-order valence-corrected chi connectivity index (χ1v) is 12.5. The summed E-state index contributed by atoms with van der Waals surface area (Å²) in [7, 11) is 1.40. The van der Waals surface area contributed by atoms with Crippen LogP contribution < -0.4 is 15.6 Å². The number of rotatable bonds is 7. The molecule has 6 rings (SSSR count). The average molecular weight is 525 g/mol. The van der Waals surface area contributed by atoms with Crippen molar-refractivity contribution < 1.29 is 18.3 Å². The van der Waals surface area contributed by atoms with Gasteiger partial charge in [-0.05, 0) is 42.8 Å². The van der Waals surface area contributed by atoms with Crippen LogP contribution in [0.25, 0.3) is 32.2 Å². The number of anilines is 2. The zero-order chi connectivity index (χ0) is 25.7. The molecule has 4 heterocycles. The fourth-order valence-electron chi connectivity index (χ4n) is 4.38. The molecule has 0 radical (unpaired) electrons. The van der Waals surface area contributed by atoms with Crippen molar-refractivity contribution in [1.82, 2.24) is 24.3 Å². The van der Waals surface area contributed by atoms with Gasteiger partial charge in [0.15, 0.2) is 0 Å². The van der Waals surface area contributed by atoms with E-state index in [1.165, 1.54) is 30.9 Å². The lowest BCUT2D eigenvalue weighted by Gasteiger charge is -2.32. The third kappa shape index (κ3) is 4.21. The van der Waals surface area contributed by atoms with Crippen LogP contribution in [0.3, 0.4) is 0 Å². The van der Waals surface area contributed by atoms with E-state index in [1.54, 1.807) is 17.6 Å². The smallest absolute Gasteiger partial charge is 0.334 e. The van der Waals surface area contributed by atoms with Gasteiger partial charge in [-0.2, -0.15) is 13.5 Å². The van der Waals surface area contributed by atoms with E-state index in [-0.39, 0.29) is 17.6 Å². The molecule has 2 aromatic carbocycles. The van der Waals surface area contributed by atoms with E-state index in [4.69, 9.17) is 9.47 Å². The molecule has 0 spiro atoms. The first-order chi connectivity index (χ1) is 17.9. The van der Waals surface area contributed by atoms with Crippen LogP contribution in [0.5, 0.6) is 5.75 Å². The van der Waals surface area contributed by atoms with Crippen molar-refractivity contribution in [3.05, 3.63) is 58.7 Å². The van der Waals surface area contributed by atoms with E-state index in [0.717, 1.165) is 20.6 Å². The standard InChI is InChI=1S/C25H22F2N6O3S/c1-13(15-9-35-10-15)36-20-6-14(17-8-32(2)33(24(17)34)25(26)27)5-19-22(20)23(29-11-28-19)31-16-3-4-18-21(7-16)37-12-30-18/h3-8,11-13,15,25H,9-10H2,1-2H3,(H,28,29,31)/t13-/m0/s1. The number of halogens is 2. The number of alkyl halides is 2. The van der Waals surface area contributed by atoms with Gasteiger partial charge in [0.2, 0.25) is 0 Å². The number of thiazole rings is 1. The Morgan fingerprint density at radius 3 is 2.73 bits per heavy atom. The third-order valence-electron chi connectivity index (χ3n) is 6.53. The minimum Gasteiger partial charge on any atom is -0.489 e. The Morgan fingerprint density at radius 2 is 2.00 bits per heavy atom. The number of nitrogens with zero attached hydrogens (tertiary/aromatic N) is 5. The predicted octanol–water partition coefficient (Wildman–Crippen LogP) is 4.96. The molecule has 0 bridgehead atoms. The quantitative estimate of drug-likeness (QED) is 0.322. The van der Waals surface area contributed by atoms with Gasteiger partial charge in [-0.15, -0.1) is 11.3 Å². The maximum absolute atomic E-state index is 13.5. The maximum atomic E-state index is 13.5. The topological polar surface area (TPSA) is 96.1 Å². The van der Waals surface area contributed by atoms with E-state index in [1.807, 2.05) is 25.1 Å². The number of aromatic nitrogens is 5. The number of nitrogens with one attached hydrogen (secondary N) is 1. The molecule has 0 amide bonds. The predicted molar refractivity (Wildman–Crippen MR) is 137 cm³/mol. The summed E-state index contributed by atoms with van der Waals surface area (Å²) in [6.07, 6.45) is 2.60. The van der Waals surface area contributed by atoms with Gasteiger partial charge in [-0.25, -0.2) is 15.0 Å². The lowest BCUT2D eigenvalue weighted by atomic mass is 10.0. The summed E-state index contributed by atoms with van der Waals surface area (Å²) in [5.41, 5.74) is 3.77. The molecule has 3 aromatic heterocycles. The summed E-state index contributed by atoms with van der Waals surface area (Å²) in [5.74, 6) is 1.17. The second-order valence-corrected chi connectivity index (χ2v) is 9.80. The van der Waals surface area contributed by atoms with E-state index >= 15 is 0 Å². The molecule has 190 valence electrons. The number of hydrogen-bond acceptors (Lipinski definition) is 8. The van der Waals surface area contributed by atoms with Crippen LogP contribution >= 0.6 is 11.3 Å². The Balaban J connectivity index is 1.49. The van der Waals surface area contributed by atoms with Crippen molar-refractivity contribution in [1.29, 1.82) is 0 Å². The van der Waals surface area contributed by atoms with Crippen molar-refractivity contribution in [3.8, 4) is 16.9 Å². The summed E-state index contributed by atoms with van der Waals surface area (Å²) in [6, 6.07) is 9.20. The highest BCUT2D eigenvalue weighted by molar-refractivity contribution is 7.16. The molecule has 5 aromatic rings. The van der Waals surface area contributed by atoms with Crippen molar-refractivity contribution in [2.75, 3.05) is 18.5 Å². The molecule has 1 aliphatic heterocycles. The van der Waals surface area contributed by atoms with Crippen LogP contribution in [0.1, 0.15) is 13.5 Å². The first-order valence-electron chi connectivity index (χ1n) is 11.6. The van der Waals surface area contributed by atoms with Gasteiger partial charge in [0, 0.05) is 24.8 Å². The van der Waals surface area contributed by atoms with Gasteiger partial charge in [0.25, 0.3) is 5.56 Å². The Hall–Kier alpha value is -3.90. The van der Waals surface area contributed by atoms with Crippen LogP contribution in [0, 0.1) is 5.92 Å². The fraction of sp³-hybridized carbons (Fsp3) is 0.280. The zero-order valence-electron chi connectivity index (χ0n) is 19.9. The summed E-state index contributed by atoms with van der Waals surface area (Å²) < 4.78 is 41.2. The number of fused-ring (bicyclic) bond motifs is 2. The Labute approximate surface area is 213 Å². The third-order valence-corrected chi connectivity index (χ3v) is 7.32.